The Balaban J connectivity index is 2.01. The lowest BCUT2D eigenvalue weighted by molar-refractivity contribution is 0.299. The van der Waals surface area contributed by atoms with E-state index in [1.165, 1.54) is 0 Å². The molecule has 3 aromatic rings. The summed E-state index contributed by atoms with van der Waals surface area (Å²) in [6.07, 6.45) is 1.90. The van der Waals surface area contributed by atoms with Crippen LogP contribution in [0.5, 0.6) is 0 Å². The van der Waals surface area contributed by atoms with E-state index in [1.807, 2.05) is 36.4 Å². The van der Waals surface area contributed by atoms with Crippen LogP contribution < -0.4 is 4.90 Å². The van der Waals surface area contributed by atoms with Crippen molar-refractivity contribution in [2.24, 2.45) is 0 Å². The largest absolute Gasteiger partial charge is 0.396 e. The maximum Gasteiger partial charge on any atom is 0.0471 e. The van der Waals surface area contributed by atoms with Crippen LogP contribution in [0.4, 0.5) is 17.1 Å². The molecule has 0 unspecified atom stereocenters. The Morgan fingerprint density at radius 3 is 1.43 bits per heavy atom. The SMILES string of the molecule is OCCc1ccc(N(c2ccc(CCO)cc2)c2cccc(CCO)c2)cc1. The lowest BCUT2D eigenvalue weighted by Crippen LogP contribution is -2.10. The van der Waals surface area contributed by atoms with Crippen LogP contribution in [0.1, 0.15) is 16.7 Å². The fourth-order valence-corrected chi connectivity index (χ4v) is 3.31. The minimum absolute atomic E-state index is 0.120. The molecule has 0 saturated carbocycles. The molecule has 0 heterocycles. The number of rotatable bonds is 9. The first kappa shape index (κ1) is 20.1. The Hall–Kier alpha value is -2.66. The molecule has 28 heavy (non-hydrogen) atoms. The van der Waals surface area contributed by atoms with E-state index in [4.69, 9.17) is 10.2 Å². The van der Waals surface area contributed by atoms with Crippen molar-refractivity contribution in [3.8, 4) is 0 Å². The van der Waals surface area contributed by atoms with E-state index < -0.39 is 0 Å². The van der Waals surface area contributed by atoms with E-state index >= 15 is 0 Å². The number of hydrogen-bond donors (Lipinski definition) is 3. The van der Waals surface area contributed by atoms with Gasteiger partial charge in [-0.15, -0.1) is 0 Å². The Morgan fingerprint density at radius 2 is 0.964 bits per heavy atom. The quantitative estimate of drug-likeness (QED) is 0.531. The van der Waals surface area contributed by atoms with Gasteiger partial charge in [-0.25, -0.2) is 0 Å². The van der Waals surface area contributed by atoms with Gasteiger partial charge in [0.05, 0.1) is 0 Å². The molecule has 0 radical (unpaired) electrons. The lowest BCUT2D eigenvalue weighted by atomic mass is 10.1. The lowest BCUT2D eigenvalue weighted by Gasteiger charge is -2.26. The molecular formula is C24H27NO3. The minimum atomic E-state index is 0.120. The van der Waals surface area contributed by atoms with Crippen LogP contribution >= 0.6 is 0 Å². The molecule has 0 aromatic heterocycles. The average molecular weight is 377 g/mol. The monoisotopic (exact) mass is 377 g/mol. The van der Waals surface area contributed by atoms with Crippen molar-refractivity contribution in [3.63, 3.8) is 0 Å². The minimum Gasteiger partial charge on any atom is -0.396 e. The summed E-state index contributed by atoms with van der Waals surface area (Å²) in [5.74, 6) is 0. The van der Waals surface area contributed by atoms with Gasteiger partial charge in [-0.3, -0.25) is 0 Å². The number of aliphatic hydroxyl groups is 3. The second-order valence-corrected chi connectivity index (χ2v) is 6.76. The molecule has 0 aliphatic carbocycles. The molecule has 4 nitrogen and oxygen atoms in total. The molecule has 0 spiro atoms. The fourth-order valence-electron chi connectivity index (χ4n) is 3.31. The molecule has 4 heteroatoms. The predicted octanol–water partition coefficient (Wildman–Crippen LogP) is 3.76. The van der Waals surface area contributed by atoms with Crippen LogP contribution in [0.2, 0.25) is 0 Å². The van der Waals surface area contributed by atoms with E-state index in [0.29, 0.717) is 19.3 Å². The summed E-state index contributed by atoms with van der Waals surface area (Å²) in [6.45, 7) is 0.395. The molecule has 3 aromatic carbocycles. The first-order valence-corrected chi connectivity index (χ1v) is 9.64. The van der Waals surface area contributed by atoms with E-state index in [2.05, 4.69) is 41.3 Å². The number of aliphatic hydroxyl groups excluding tert-OH is 3. The Bertz CT molecular complexity index is 810. The topological polar surface area (TPSA) is 63.9 Å². The van der Waals surface area contributed by atoms with Crippen molar-refractivity contribution in [2.75, 3.05) is 24.7 Å². The highest BCUT2D eigenvalue weighted by Gasteiger charge is 2.13. The molecule has 0 saturated heterocycles. The van der Waals surface area contributed by atoms with E-state index in [-0.39, 0.29) is 19.8 Å². The van der Waals surface area contributed by atoms with Gasteiger partial charge in [0.15, 0.2) is 0 Å². The third kappa shape index (κ3) is 4.98. The summed E-state index contributed by atoms with van der Waals surface area (Å²) in [5.41, 5.74) is 6.35. The van der Waals surface area contributed by atoms with Gasteiger partial charge in [0.25, 0.3) is 0 Å². The highest BCUT2D eigenvalue weighted by atomic mass is 16.3. The third-order valence-corrected chi connectivity index (χ3v) is 4.76. The van der Waals surface area contributed by atoms with Crippen molar-refractivity contribution < 1.29 is 15.3 Å². The maximum atomic E-state index is 9.29. The van der Waals surface area contributed by atoms with Gasteiger partial charge in [0.1, 0.15) is 0 Å². The molecule has 0 aliphatic rings. The Labute approximate surface area is 166 Å². The van der Waals surface area contributed by atoms with E-state index in [9.17, 15) is 5.11 Å². The van der Waals surface area contributed by atoms with Gasteiger partial charge in [-0.2, -0.15) is 0 Å². The molecule has 146 valence electrons. The summed E-state index contributed by atoms with van der Waals surface area (Å²) < 4.78 is 0. The third-order valence-electron chi connectivity index (χ3n) is 4.76. The van der Waals surface area contributed by atoms with E-state index in [1.54, 1.807) is 0 Å². The predicted molar refractivity (Wildman–Crippen MR) is 113 cm³/mol. The smallest absolute Gasteiger partial charge is 0.0471 e. The molecular weight excluding hydrogens is 350 g/mol. The van der Waals surface area contributed by atoms with Crippen molar-refractivity contribution in [1.82, 2.24) is 0 Å². The van der Waals surface area contributed by atoms with Crippen LogP contribution in [-0.4, -0.2) is 35.1 Å². The van der Waals surface area contributed by atoms with E-state index in [0.717, 1.165) is 33.8 Å². The zero-order chi connectivity index (χ0) is 19.8. The second-order valence-electron chi connectivity index (χ2n) is 6.76. The number of nitrogens with zero attached hydrogens (tertiary/aromatic N) is 1. The first-order valence-electron chi connectivity index (χ1n) is 9.64. The zero-order valence-electron chi connectivity index (χ0n) is 16.0. The van der Waals surface area contributed by atoms with Gasteiger partial charge in [0, 0.05) is 36.9 Å². The second kappa shape index (κ2) is 10.0. The summed E-state index contributed by atoms with van der Waals surface area (Å²) in [5, 5.41) is 27.6. The number of benzene rings is 3. The molecule has 0 fully saturated rings. The number of hydrogen-bond acceptors (Lipinski definition) is 4. The normalized spacial score (nSPS) is 10.8. The zero-order valence-corrected chi connectivity index (χ0v) is 16.0. The molecule has 0 amide bonds. The van der Waals surface area contributed by atoms with Crippen molar-refractivity contribution in [3.05, 3.63) is 89.5 Å². The summed E-state index contributed by atoms with van der Waals surface area (Å²) in [6, 6.07) is 24.6. The van der Waals surface area contributed by atoms with Crippen molar-refractivity contribution >= 4 is 17.1 Å². The highest BCUT2D eigenvalue weighted by Crippen LogP contribution is 2.35. The van der Waals surface area contributed by atoms with Gasteiger partial charge in [0.2, 0.25) is 0 Å². The standard InChI is InChI=1S/C24H27NO3/c26-15-12-19-4-8-22(9-5-19)25(23-10-6-20(7-11-23)13-16-27)24-3-1-2-21(18-24)14-17-28/h1-11,18,26-28H,12-17H2. The molecule has 0 aliphatic heterocycles. The fraction of sp³-hybridized carbons (Fsp3) is 0.250. The van der Waals surface area contributed by atoms with Gasteiger partial charge in [-0.1, -0.05) is 36.4 Å². The van der Waals surface area contributed by atoms with Crippen LogP contribution in [0, 0.1) is 0 Å². The Kier molecular flexibility index (Phi) is 7.20. The maximum absolute atomic E-state index is 9.29. The summed E-state index contributed by atoms with van der Waals surface area (Å²) in [7, 11) is 0. The number of anilines is 3. The van der Waals surface area contributed by atoms with Crippen LogP contribution in [0.3, 0.4) is 0 Å². The van der Waals surface area contributed by atoms with Gasteiger partial charge >= 0.3 is 0 Å². The molecule has 3 N–H and O–H groups in total. The van der Waals surface area contributed by atoms with Gasteiger partial charge < -0.3 is 20.2 Å². The molecule has 0 atom stereocenters. The highest BCUT2D eigenvalue weighted by molar-refractivity contribution is 5.76. The average Bonchev–Trinajstić information content (AvgIpc) is 2.72. The molecule has 0 bridgehead atoms. The summed E-state index contributed by atoms with van der Waals surface area (Å²) in [4.78, 5) is 2.17. The van der Waals surface area contributed by atoms with Crippen LogP contribution in [0.15, 0.2) is 72.8 Å². The van der Waals surface area contributed by atoms with Crippen LogP contribution in [-0.2, 0) is 19.3 Å². The van der Waals surface area contributed by atoms with Crippen molar-refractivity contribution in [1.29, 1.82) is 0 Å². The summed E-state index contributed by atoms with van der Waals surface area (Å²) >= 11 is 0. The molecule has 3 rings (SSSR count). The Morgan fingerprint density at radius 1 is 0.500 bits per heavy atom. The van der Waals surface area contributed by atoms with Crippen molar-refractivity contribution in [2.45, 2.75) is 19.3 Å². The van der Waals surface area contributed by atoms with Crippen LogP contribution in [0.25, 0.3) is 0 Å². The van der Waals surface area contributed by atoms with Gasteiger partial charge in [-0.05, 0) is 72.4 Å². The first-order chi connectivity index (χ1) is 13.7.